The van der Waals surface area contributed by atoms with Gasteiger partial charge in [0.25, 0.3) is 0 Å². The van der Waals surface area contributed by atoms with Crippen molar-refractivity contribution in [2.24, 2.45) is 0 Å². The van der Waals surface area contributed by atoms with Gasteiger partial charge in [0, 0.05) is 24.6 Å². The van der Waals surface area contributed by atoms with Crippen molar-refractivity contribution in [3.8, 4) is 0 Å². The Morgan fingerprint density at radius 3 is 2.80 bits per heavy atom. The normalized spacial score (nSPS) is 10.3. The van der Waals surface area contributed by atoms with Crippen molar-refractivity contribution < 1.29 is 8.78 Å². The Labute approximate surface area is 88.3 Å². The third-order valence-electron chi connectivity index (χ3n) is 1.85. The zero-order valence-corrected chi connectivity index (χ0v) is 8.50. The van der Waals surface area contributed by atoms with E-state index in [1.165, 1.54) is 4.90 Å². The third kappa shape index (κ3) is 1.91. The van der Waals surface area contributed by atoms with Crippen LogP contribution < -0.4 is 4.90 Å². The monoisotopic (exact) mass is 228 g/mol. The SMILES string of the molecule is CN(c1nnns1)c1cc(F)ccc1F. The van der Waals surface area contributed by atoms with Gasteiger partial charge in [-0.1, -0.05) is 9.59 Å². The summed E-state index contributed by atoms with van der Waals surface area (Å²) in [6.07, 6.45) is 0. The van der Waals surface area contributed by atoms with Crippen molar-refractivity contribution in [2.75, 3.05) is 11.9 Å². The first-order valence-corrected chi connectivity index (χ1v) is 4.79. The van der Waals surface area contributed by atoms with Gasteiger partial charge in [0.2, 0.25) is 5.13 Å². The molecule has 2 aromatic rings. The fourth-order valence-corrected chi connectivity index (χ4v) is 1.54. The number of hydrogen-bond acceptors (Lipinski definition) is 5. The number of benzene rings is 1. The lowest BCUT2D eigenvalue weighted by molar-refractivity contribution is 0.600. The molecule has 7 heteroatoms. The molecule has 0 atom stereocenters. The van der Waals surface area contributed by atoms with Crippen molar-refractivity contribution in [1.82, 2.24) is 14.8 Å². The van der Waals surface area contributed by atoms with Crippen LogP contribution in [0.4, 0.5) is 19.6 Å². The Morgan fingerprint density at radius 2 is 2.13 bits per heavy atom. The number of nitrogens with zero attached hydrogens (tertiary/aromatic N) is 4. The number of hydrogen-bond donors (Lipinski definition) is 0. The average Bonchev–Trinajstić information content (AvgIpc) is 2.74. The highest BCUT2D eigenvalue weighted by molar-refractivity contribution is 7.09. The van der Waals surface area contributed by atoms with Gasteiger partial charge in [-0.2, -0.15) is 0 Å². The van der Waals surface area contributed by atoms with E-state index in [0.717, 1.165) is 29.7 Å². The molecule has 0 amide bonds. The van der Waals surface area contributed by atoms with Gasteiger partial charge in [0.15, 0.2) is 0 Å². The highest BCUT2D eigenvalue weighted by atomic mass is 32.1. The Balaban J connectivity index is 2.41. The van der Waals surface area contributed by atoms with Crippen LogP contribution >= 0.6 is 11.5 Å². The van der Waals surface area contributed by atoms with E-state index in [4.69, 9.17) is 0 Å². The van der Waals surface area contributed by atoms with Gasteiger partial charge >= 0.3 is 0 Å². The van der Waals surface area contributed by atoms with E-state index < -0.39 is 11.6 Å². The lowest BCUT2D eigenvalue weighted by Gasteiger charge is -2.15. The molecule has 4 nitrogen and oxygen atoms in total. The van der Waals surface area contributed by atoms with Gasteiger partial charge in [-0.3, -0.25) is 0 Å². The van der Waals surface area contributed by atoms with E-state index in [0.29, 0.717) is 5.13 Å². The summed E-state index contributed by atoms with van der Waals surface area (Å²) in [5.41, 5.74) is 0.105. The summed E-state index contributed by atoms with van der Waals surface area (Å²) < 4.78 is 29.8. The van der Waals surface area contributed by atoms with E-state index >= 15 is 0 Å². The largest absolute Gasteiger partial charge is 0.316 e. The predicted octanol–water partition coefficient (Wildman–Crippen LogP) is 1.98. The van der Waals surface area contributed by atoms with Crippen molar-refractivity contribution in [2.45, 2.75) is 0 Å². The van der Waals surface area contributed by atoms with E-state index in [9.17, 15) is 8.78 Å². The maximum Gasteiger partial charge on any atom is 0.232 e. The van der Waals surface area contributed by atoms with Crippen LogP contribution in [0.15, 0.2) is 18.2 Å². The fourth-order valence-electron chi connectivity index (χ4n) is 1.10. The van der Waals surface area contributed by atoms with Gasteiger partial charge in [-0.25, -0.2) is 8.78 Å². The first kappa shape index (κ1) is 9.91. The highest BCUT2D eigenvalue weighted by Crippen LogP contribution is 2.26. The summed E-state index contributed by atoms with van der Waals surface area (Å²) in [7, 11) is 1.57. The van der Waals surface area contributed by atoms with Crippen LogP contribution in [0.1, 0.15) is 0 Å². The zero-order chi connectivity index (χ0) is 10.8. The second-order valence-corrected chi connectivity index (χ2v) is 3.51. The van der Waals surface area contributed by atoms with Crippen molar-refractivity contribution in [3.63, 3.8) is 0 Å². The Hall–Kier alpha value is -1.63. The van der Waals surface area contributed by atoms with Crippen LogP contribution in [0, 0.1) is 11.6 Å². The Morgan fingerprint density at radius 1 is 1.33 bits per heavy atom. The van der Waals surface area contributed by atoms with Gasteiger partial charge in [0.05, 0.1) is 5.69 Å². The summed E-state index contributed by atoms with van der Waals surface area (Å²) in [4.78, 5) is 1.39. The number of anilines is 2. The quantitative estimate of drug-likeness (QED) is 0.788. The van der Waals surface area contributed by atoms with Gasteiger partial charge in [-0.15, -0.1) is 0 Å². The molecule has 0 aliphatic heterocycles. The average molecular weight is 228 g/mol. The molecule has 1 heterocycles. The number of aromatic nitrogens is 3. The third-order valence-corrected chi connectivity index (χ3v) is 2.52. The molecular formula is C8H6F2N4S. The molecule has 0 bridgehead atoms. The smallest absolute Gasteiger partial charge is 0.232 e. The Bertz CT molecular complexity index is 460. The highest BCUT2D eigenvalue weighted by Gasteiger charge is 2.13. The molecule has 0 N–H and O–H groups in total. The van der Waals surface area contributed by atoms with Crippen LogP contribution in [0.2, 0.25) is 0 Å². The predicted molar refractivity (Wildman–Crippen MR) is 52.1 cm³/mol. The van der Waals surface area contributed by atoms with E-state index in [-0.39, 0.29) is 5.69 Å². The standard InChI is InChI=1S/C8H6F2N4S/c1-14(8-11-12-13-15-8)7-4-5(9)2-3-6(7)10/h2-4H,1H3. The molecule has 2 rings (SSSR count). The molecule has 0 aliphatic carbocycles. The number of rotatable bonds is 2. The summed E-state index contributed by atoms with van der Waals surface area (Å²) in [5.74, 6) is -1.02. The van der Waals surface area contributed by atoms with Crippen LogP contribution in [0.25, 0.3) is 0 Å². The molecule has 1 aromatic carbocycles. The molecule has 0 saturated heterocycles. The molecule has 0 unspecified atom stereocenters. The molecule has 1 aromatic heterocycles. The minimum atomic E-state index is -0.519. The molecule has 15 heavy (non-hydrogen) atoms. The molecule has 78 valence electrons. The Kier molecular flexibility index (Phi) is 2.55. The second kappa shape index (κ2) is 3.85. The van der Waals surface area contributed by atoms with Crippen molar-refractivity contribution in [1.29, 1.82) is 0 Å². The van der Waals surface area contributed by atoms with Crippen LogP contribution in [-0.2, 0) is 0 Å². The summed E-state index contributed by atoms with van der Waals surface area (Å²) in [6, 6.07) is 3.22. The molecule has 0 radical (unpaired) electrons. The first-order chi connectivity index (χ1) is 7.18. The van der Waals surface area contributed by atoms with Crippen molar-refractivity contribution >= 4 is 22.4 Å². The van der Waals surface area contributed by atoms with Crippen LogP contribution in [-0.4, -0.2) is 21.8 Å². The van der Waals surface area contributed by atoms with Crippen LogP contribution in [0.5, 0.6) is 0 Å². The second-order valence-electron chi connectivity index (χ2n) is 2.80. The lowest BCUT2D eigenvalue weighted by atomic mass is 10.3. The maximum absolute atomic E-state index is 13.3. The molecule has 0 spiro atoms. The first-order valence-electron chi connectivity index (χ1n) is 4.02. The minimum absolute atomic E-state index is 0.105. The summed E-state index contributed by atoms with van der Waals surface area (Å²) in [6.45, 7) is 0. The van der Waals surface area contributed by atoms with Gasteiger partial charge in [0.1, 0.15) is 11.6 Å². The molecule has 0 saturated carbocycles. The van der Waals surface area contributed by atoms with Gasteiger partial charge < -0.3 is 4.90 Å². The zero-order valence-electron chi connectivity index (χ0n) is 7.69. The van der Waals surface area contributed by atoms with E-state index in [1.807, 2.05) is 0 Å². The molecule has 0 fully saturated rings. The number of halogens is 2. The van der Waals surface area contributed by atoms with Crippen LogP contribution in [0.3, 0.4) is 0 Å². The van der Waals surface area contributed by atoms with E-state index in [2.05, 4.69) is 14.8 Å². The fraction of sp³-hybridized carbons (Fsp3) is 0.125. The summed E-state index contributed by atoms with van der Waals surface area (Å²) in [5, 5.41) is 7.44. The minimum Gasteiger partial charge on any atom is -0.316 e. The van der Waals surface area contributed by atoms with E-state index in [1.54, 1.807) is 7.05 Å². The summed E-state index contributed by atoms with van der Waals surface area (Å²) >= 11 is 1.01. The van der Waals surface area contributed by atoms with Gasteiger partial charge in [-0.05, 0) is 17.3 Å². The van der Waals surface area contributed by atoms with Crippen molar-refractivity contribution in [3.05, 3.63) is 29.8 Å². The molecular weight excluding hydrogens is 222 g/mol. The molecule has 0 aliphatic rings. The lowest BCUT2D eigenvalue weighted by Crippen LogP contribution is -2.11. The topological polar surface area (TPSA) is 41.9 Å². The maximum atomic E-state index is 13.3.